The molecule has 4 aromatic rings. The Bertz CT molecular complexity index is 1210. The molecule has 0 aliphatic carbocycles. The van der Waals surface area contributed by atoms with E-state index in [1.165, 1.54) is 22.7 Å². The Morgan fingerprint density at radius 1 is 1.28 bits per heavy atom. The van der Waals surface area contributed by atoms with Crippen LogP contribution in [0.3, 0.4) is 0 Å². The summed E-state index contributed by atoms with van der Waals surface area (Å²) in [6.07, 6.45) is 2.31. The largest absolute Gasteiger partial charge is 0.300 e. The van der Waals surface area contributed by atoms with Gasteiger partial charge < -0.3 is 5.32 Å². The standard InChI is InChI=1S/C18H13Cl2N5OS3/c19-12-4-1-3-10(15(12)20)7-11-8-21-17(29-11)22-14(26)9-25-16(23-24-18(25)27)13-5-2-6-28-13/h1-6,8H,7,9H2,(H,24,27)(H,21,22,26). The molecule has 2 N–H and O–H groups in total. The van der Waals surface area contributed by atoms with Gasteiger partial charge in [-0.15, -0.1) is 22.7 Å². The minimum atomic E-state index is -0.234. The maximum Gasteiger partial charge on any atom is 0.246 e. The molecule has 148 valence electrons. The van der Waals surface area contributed by atoms with Crippen molar-refractivity contribution in [3.8, 4) is 10.7 Å². The maximum atomic E-state index is 12.5. The Hall–Kier alpha value is -2.04. The molecular weight excluding hydrogens is 469 g/mol. The number of amides is 1. The predicted molar refractivity (Wildman–Crippen MR) is 121 cm³/mol. The summed E-state index contributed by atoms with van der Waals surface area (Å²) in [5.41, 5.74) is 0.908. The molecule has 0 aliphatic heterocycles. The number of thiazole rings is 1. The topological polar surface area (TPSA) is 75.6 Å². The molecule has 3 heterocycles. The number of aromatic amines is 1. The van der Waals surface area contributed by atoms with Gasteiger partial charge in [0.1, 0.15) is 6.54 Å². The lowest BCUT2D eigenvalue weighted by Gasteiger charge is -2.05. The first-order valence-electron chi connectivity index (χ1n) is 8.38. The van der Waals surface area contributed by atoms with Crippen LogP contribution in [0.5, 0.6) is 0 Å². The Morgan fingerprint density at radius 3 is 2.93 bits per heavy atom. The average molecular weight is 482 g/mol. The van der Waals surface area contributed by atoms with E-state index < -0.39 is 0 Å². The van der Waals surface area contributed by atoms with E-state index in [0.29, 0.717) is 32.2 Å². The molecular formula is C18H13Cl2N5OS3. The van der Waals surface area contributed by atoms with Crippen LogP contribution >= 0.6 is 58.1 Å². The SMILES string of the molecule is O=C(Cn1c(-c2cccs2)n[nH]c1=S)Nc1ncc(Cc2cccc(Cl)c2Cl)s1. The number of thiophene rings is 1. The summed E-state index contributed by atoms with van der Waals surface area (Å²) in [7, 11) is 0. The second kappa shape index (κ2) is 8.76. The number of rotatable bonds is 6. The van der Waals surface area contributed by atoms with Crippen molar-refractivity contribution in [1.82, 2.24) is 19.7 Å². The highest BCUT2D eigenvalue weighted by atomic mass is 35.5. The Morgan fingerprint density at radius 2 is 2.14 bits per heavy atom. The lowest BCUT2D eigenvalue weighted by atomic mass is 10.1. The number of halogens is 2. The molecule has 0 spiro atoms. The zero-order valence-corrected chi connectivity index (χ0v) is 18.6. The van der Waals surface area contributed by atoms with Gasteiger partial charge in [-0.25, -0.2) is 4.98 Å². The molecule has 0 bridgehead atoms. The van der Waals surface area contributed by atoms with Crippen LogP contribution in [0.25, 0.3) is 10.7 Å². The summed E-state index contributed by atoms with van der Waals surface area (Å²) in [6.45, 7) is 0.0393. The van der Waals surface area contributed by atoms with Crippen LogP contribution in [0, 0.1) is 4.77 Å². The highest BCUT2D eigenvalue weighted by Gasteiger charge is 2.15. The number of carbonyl (C=O) groups excluding carboxylic acids is 1. The summed E-state index contributed by atoms with van der Waals surface area (Å²) in [5.74, 6) is 0.401. The van der Waals surface area contributed by atoms with Gasteiger partial charge in [0.15, 0.2) is 15.7 Å². The van der Waals surface area contributed by atoms with E-state index in [1.54, 1.807) is 16.8 Å². The second-order valence-corrected chi connectivity index (χ2v) is 9.22. The first-order valence-corrected chi connectivity index (χ1v) is 11.2. The van der Waals surface area contributed by atoms with Crippen molar-refractivity contribution in [2.75, 3.05) is 5.32 Å². The molecule has 0 radical (unpaired) electrons. The lowest BCUT2D eigenvalue weighted by molar-refractivity contribution is -0.116. The second-order valence-electron chi connectivity index (χ2n) is 5.99. The Labute approximate surface area is 189 Å². The predicted octanol–water partition coefficient (Wildman–Crippen LogP) is 5.66. The Balaban J connectivity index is 1.45. The summed E-state index contributed by atoms with van der Waals surface area (Å²) >= 11 is 20.5. The molecule has 0 saturated carbocycles. The minimum absolute atomic E-state index is 0.0393. The number of H-pyrrole nitrogens is 1. The van der Waals surface area contributed by atoms with Crippen molar-refractivity contribution >= 4 is 69.1 Å². The normalized spacial score (nSPS) is 11.0. The van der Waals surface area contributed by atoms with Crippen LogP contribution in [0.4, 0.5) is 5.13 Å². The van der Waals surface area contributed by atoms with Crippen molar-refractivity contribution < 1.29 is 4.79 Å². The van der Waals surface area contributed by atoms with Gasteiger partial charge in [0.25, 0.3) is 0 Å². The van der Waals surface area contributed by atoms with Crippen LogP contribution < -0.4 is 5.32 Å². The molecule has 0 fully saturated rings. The summed E-state index contributed by atoms with van der Waals surface area (Å²) in [5, 5.41) is 13.3. The molecule has 0 saturated heterocycles. The molecule has 1 aromatic carbocycles. The highest BCUT2D eigenvalue weighted by molar-refractivity contribution is 7.71. The lowest BCUT2D eigenvalue weighted by Crippen LogP contribution is -2.19. The van der Waals surface area contributed by atoms with E-state index in [-0.39, 0.29) is 12.5 Å². The van der Waals surface area contributed by atoms with Gasteiger partial charge in [0, 0.05) is 17.5 Å². The number of nitrogens with zero attached hydrogens (tertiary/aromatic N) is 3. The number of aromatic nitrogens is 4. The fraction of sp³-hybridized carbons (Fsp3) is 0.111. The van der Waals surface area contributed by atoms with E-state index in [9.17, 15) is 4.79 Å². The first-order chi connectivity index (χ1) is 14.0. The highest BCUT2D eigenvalue weighted by Crippen LogP contribution is 2.29. The van der Waals surface area contributed by atoms with Gasteiger partial charge in [-0.2, -0.15) is 5.10 Å². The minimum Gasteiger partial charge on any atom is -0.300 e. The fourth-order valence-corrected chi connectivity index (χ4v) is 4.84. The maximum absolute atomic E-state index is 12.5. The molecule has 4 rings (SSSR count). The summed E-state index contributed by atoms with van der Waals surface area (Å²) in [4.78, 5) is 18.7. The third-order valence-corrected chi connectivity index (χ3v) is 6.95. The fourth-order valence-electron chi connectivity index (χ4n) is 2.68. The average Bonchev–Trinajstić information content (AvgIpc) is 3.42. The van der Waals surface area contributed by atoms with Crippen LogP contribution in [0.15, 0.2) is 41.9 Å². The van der Waals surface area contributed by atoms with Gasteiger partial charge in [0.05, 0.1) is 14.9 Å². The van der Waals surface area contributed by atoms with Crippen LogP contribution in [0.2, 0.25) is 10.0 Å². The van der Waals surface area contributed by atoms with E-state index in [2.05, 4.69) is 20.5 Å². The number of hydrogen-bond acceptors (Lipinski definition) is 6. The monoisotopic (exact) mass is 481 g/mol. The van der Waals surface area contributed by atoms with E-state index in [0.717, 1.165) is 15.3 Å². The first kappa shape index (κ1) is 20.2. The number of carbonyl (C=O) groups is 1. The van der Waals surface area contributed by atoms with Gasteiger partial charge in [0.2, 0.25) is 5.91 Å². The van der Waals surface area contributed by atoms with Gasteiger partial charge >= 0.3 is 0 Å². The van der Waals surface area contributed by atoms with Crippen LogP contribution in [-0.2, 0) is 17.8 Å². The van der Waals surface area contributed by atoms with E-state index in [4.69, 9.17) is 35.4 Å². The molecule has 11 heteroatoms. The molecule has 0 aliphatic rings. The van der Waals surface area contributed by atoms with Gasteiger partial charge in [-0.3, -0.25) is 14.5 Å². The molecule has 29 heavy (non-hydrogen) atoms. The van der Waals surface area contributed by atoms with Gasteiger partial charge in [-0.05, 0) is 35.3 Å². The number of anilines is 1. The smallest absolute Gasteiger partial charge is 0.246 e. The third-order valence-electron chi connectivity index (χ3n) is 4.00. The van der Waals surface area contributed by atoms with Crippen molar-refractivity contribution in [3.63, 3.8) is 0 Å². The van der Waals surface area contributed by atoms with Crippen molar-refractivity contribution in [2.24, 2.45) is 0 Å². The van der Waals surface area contributed by atoms with Gasteiger partial charge in [-0.1, -0.05) is 41.4 Å². The zero-order chi connectivity index (χ0) is 20.4. The Kier molecular flexibility index (Phi) is 6.12. The van der Waals surface area contributed by atoms with E-state index in [1.807, 2.05) is 29.6 Å². The molecule has 6 nitrogen and oxygen atoms in total. The number of nitrogens with one attached hydrogen (secondary N) is 2. The third kappa shape index (κ3) is 4.59. The molecule has 0 atom stereocenters. The molecule has 1 amide bonds. The quantitative estimate of drug-likeness (QED) is 0.348. The number of benzene rings is 1. The molecule has 3 aromatic heterocycles. The number of hydrogen-bond donors (Lipinski definition) is 2. The zero-order valence-electron chi connectivity index (χ0n) is 14.7. The van der Waals surface area contributed by atoms with Crippen molar-refractivity contribution in [3.05, 3.63) is 67.2 Å². The van der Waals surface area contributed by atoms with Crippen molar-refractivity contribution in [1.29, 1.82) is 0 Å². The van der Waals surface area contributed by atoms with Crippen LogP contribution in [-0.4, -0.2) is 25.7 Å². The van der Waals surface area contributed by atoms with Crippen molar-refractivity contribution in [2.45, 2.75) is 13.0 Å². The molecule has 0 unspecified atom stereocenters. The summed E-state index contributed by atoms with van der Waals surface area (Å²) < 4.78 is 2.05. The van der Waals surface area contributed by atoms with Crippen LogP contribution in [0.1, 0.15) is 10.4 Å². The summed E-state index contributed by atoms with van der Waals surface area (Å²) in [6, 6.07) is 9.37. The van der Waals surface area contributed by atoms with E-state index >= 15 is 0 Å².